The van der Waals surface area contributed by atoms with Gasteiger partial charge in [-0.2, -0.15) is 0 Å². The Morgan fingerprint density at radius 2 is 0.548 bits per heavy atom. The Balaban J connectivity index is 5.29. The number of aliphatic hydroxyl groups is 1. The lowest BCUT2D eigenvalue weighted by atomic mass is 10.1. The number of unbranched alkanes of at least 4 members (excludes halogenated alkanes) is 28. The van der Waals surface area contributed by atoms with Crippen LogP contribution in [0.25, 0.3) is 0 Å². The molecule has 0 spiro atoms. The van der Waals surface area contributed by atoms with E-state index in [4.69, 9.17) is 37.0 Å². The van der Waals surface area contributed by atoms with E-state index in [1.807, 2.05) is 0 Å². The summed E-state index contributed by atoms with van der Waals surface area (Å²) >= 11 is 0. The molecule has 0 amide bonds. The molecule has 0 aliphatic heterocycles. The van der Waals surface area contributed by atoms with E-state index in [0.29, 0.717) is 25.7 Å². The van der Waals surface area contributed by atoms with Crippen LogP contribution in [0.1, 0.15) is 285 Å². The predicted octanol–water partition coefficient (Wildman–Crippen LogP) is 17.4. The molecule has 0 aliphatic rings. The standard InChI is InChI=1S/C65H118O17P2/c1-5-9-13-17-21-25-29-33-37-41-45-49-62(67)75-55-60(81-64(69)51-47-43-39-35-31-27-23-19-15-11-7-3)57-79-83(71,72)77-53-59(66)54-78-84(73,74)80-58-61(82-65(70)52-48-44-40-36-32-28-24-20-16-12-8-4)56-76-63(68)50-46-42-38-34-30-26-22-18-14-10-6-2/h17-24,59-61,66H,5-16,25-58H2,1-4H3,(H,71,72)(H,73,74). The topological polar surface area (TPSA) is 237 Å². The minimum absolute atomic E-state index is 0.0866. The third-order valence-electron chi connectivity index (χ3n) is 13.7. The van der Waals surface area contributed by atoms with Crippen LogP contribution in [0.15, 0.2) is 48.6 Å². The summed E-state index contributed by atoms with van der Waals surface area (Å²) in [6.07, 6.45) is 50.1. The van der Waals surface area contributed by atoms with Crippen molar-refractivity contribution in [2.24, 2.45) is 0 Å². The highest BCUT2D eigenvalue weighted by Gasteiger charge is 2.30. The van der Waals surface area contributed by atoms with Crippen molar-refractivity contribution in [2.75, 3.05) is 39.6 Å². The Morgan fingerprint density at radius 1 is 0.321 bits per heavy atom. The van der Waals surface area contributed by atoms with Crippen LogP contribution in [0.5, 0.6) is 0 Å². The Morgan fingerprint density at radius 3 is 0.821 bits per heavy atom. The van der Waals surface area contributed by atoms with Crippen LogP contribution in [-0.4, -0.2) is 96.7 Å². The third kappa shape index (κ3) is 58.1. The number of esters is 4. The van der Waals surface area contributed by atoms with Crippen LogP contribution >= 0.6 is 15.6 Å². The molecule has 0 rings (SSSR count). The van der Waals surface area contributed by atoms with E-state index in [1.165, 1.54) is 51.4 Å². The van der Waals surface area contributed by atoms with Crippen LogP contribution < -0.4 is 0 Å². The summed E-state index contributed by atoms with van der Waals surface area (Å²) in [5.74, 6) is -2.20. The average Bonchev–Trinajstić information content (AvgIpc) is 3.58. The van der Waals surface area contributed by atoms with Gasteiger partial charge >= 0.3 is 39.5 Å². The maximum absolute atomic E-state index is 13.0. The van der Waals surface area contributed by atoms with Gasteiger partial charge < -0.3 is 33.8 Å². The van der Waals surface area contributed by atoms with Crippen LogP contribution in [0.4, 0.5) is 0 Å². The molecule has 0 aliphatic carbocycles. The molecule has 0 aromatic carbocycles. The van der Waals surface area contributed by atoms with Gasteiger partial charge in [-0.05, 0) is 103 Å². The average molecular weight is 1230 g/mol. The SMILES string of the molecule is CCCCC=CCCCCCCCC(=O)OCC(COP(=O)(O)OCC(O)COP(=O)(O)OCC(COC(=O)CCCCCCCC=CCCCC)OC(=O)CCCCCCCC=CCCCC)OC(=O)CCCCCCCC=CCCCC. The van der Waals surface area contributed by atoms with Gasteiger partial charge in [0, 0.05) is 25.7 Å². The number of ether oxygens (including phenoxy) is 4. The van der Waals surface area contributed by atoms with E-state index < -0.39 is 97.5 Å². The van der Waals surface area contributed by atoms with Gasteiger partial charge in [0.2, 0.25) is 0 Å². The molecule has 17 nitrogen and oxygen atoms in total. The number of carbonyl (C=O) groups excluding carboxylic acids is 4. The van der Waals surface area contributed by atoms with Gasteiger partial charge in [-0.25, -0.2) is 9.13 Å². The van der Waals surface area contributed by atoms with Gasteiger partial charge in [0.15, 0.2) is 12.2 Å². The lowest BCUT2D eigenvalue weighted by Crippen LogP contribution is -2.30. The van der Waals surface area contributed by atoms with Crippen molar-refractivity contribution < 1.29 is 80.2 Å². The largest absolute Gasteiger partial charge is 0.472 e. The number of phosphoric ester groups is 2. The molecule has 0 aromatic heterocycles. The summed E-state index contributed by atoms with van der Waals surface area (Å²) in [7, 11) is -9.91. The molecular formula is C65H118O17P2. The quantitative estimate of drug-likeness (QED) is 0.0169. The highest BCUT2D eigenvalue weighted by atomic mass is 31.2. The summed E-state index contributed by atoms with van der Waals surface area (Å²) in [5, 5.41) is 10.5. The molecule has 0 heterocycles. The van der Waals surface area contributed by atoms with Gasteiger partial charge in [-0.15, -0.1) is 0 Å². The normalized spacial score (nSPS) is 14.5. The second-order valence-electron chi connectivity index (χ2n) is 22.0. The second kappa shape index (κ2) is 59.0. The summed E-state index contributed by atoms with van der Waals surface area (Å²) in [5.41, 5.74) is 0. The molecular weight excluding hydrogens is 1110 g/mol. The van der Waals surface area contributed by atoms with Crippen LogP contribution in [0.2, 0.25) is 0 Å². The van der Waals surface area contributed by atoms with Crippen LogP contribution in [0.3, 0.4) is 0 Å². The summed E-state index contributed by atoms with van der Waals surface area (Å²) in [6, 6.07) is 0. The zero-order valence-electron chi connectivity index (χ0n) is 52.8. The third-order valence-corrected chi connectivity index (χ3v) is 15.6. The zero-order valence-corrected chi connectivity index (χ0v) is 54.6. The highest BCUT2D eigenvalue weighted by molar-refractivity contribution is 7.47. The van der Waals surface area contributed by atoms with E-state index in [1.54, 1.807) is 0 Å². The van der Waals surface area contributed by atoms with Gasteiger partial charge in [0.05, 0.1) is 26.4 Å². The van der Waals surface area contributed by atoms with Crippen molar-refractivity contribution >= 4 is 39.5 Å². The Labute approximate surface area is 508 Å². The Bertz CT molecular complexity index is 1680. The van der Waals surface area contributed by atoms with Crippen LogP contribution in [0, 0.1) is 0 Å². The molecule has 84 heavy (non-hydrogen) atoms. The molecule has 4 atom stereocenters. The first-order valence-electron chi connectivity index (χ1n) is 32.9. The number of aliphatic hydroxyl groups excluding tert-OH is 1. The monoisotopic (exact) mass is 1230 g/mol. The Hall–Kier alpha value is -2.98. The lowest BCUT2D eigenvalue weighted by molar-refractivity contribution is -0.161. The number of carbonyl (C=O) groups is 4. The fourth-order valence-electron chi connectivity index (χ4n) is 8.55. The van der Waals surface area contributed by atoms with Gasteiger partial charge in [-0.1, -0.05) is 205 Å². The van der Waals surface area contributed by atoms with Crippen molar-refractivity contribution in [3.05, 3.63) is 48.6 Å². The first-order chi connectivity index (χ1) is 40.7. The van der Waals surface area contributed by atoms with Gasteiger partial charge in [-0.3, -0.25) is 37.3 Å². The molecule has 490 valence electrons. The molecule has 0 saturated heterocycles. The number of phosphoric acid groups is 2. The fourth-order valence-corrected chi connectivity index (χ4v) is 10.1. The summed E-state index contributed by atoms with van der Waals surface area (Å²) in [4.78, 5) is 72.2. The van der Waals surface area contributed by atoms with E-state index in [9.17, 15) is 43.2 Å². The van der Waals surface area contributed by atoms with Crippen molar-refractivity contribution in [1.82, 2.24) is 0 Å². The summed E-state index contributed by atoms with van der Waals surface area (Å²) < 4.78 is 67.9. The van der Waals surface area contributed by atoms with E-state index in [-0.39, 0.29) is 25.7 Å². The number of allylic oxidation sites excluding steroid dienone is 8. The maximum Gasteiger partial charge on any atom is 0.472 e. The fraction of sp³-hybridized carbons (Fsp3) is 0.815. The molecule has 19 heteroatoms. The number of hydrogen-bond acceptors (Lipinski definition) is 15. The highest BCUT2D eigenvalue weighted by Crippen LogP contribution is 2.45. The molecule has 0 fully saturated rings. The first-order valence-corrected chi connectivity index (χ1v) is 35.9. The van der Waals surface area contributed by atoms with Crippen molar-refractivity contribution in [3.8, 4) is 0 Å². The molecule has 0 radical (unpaired) electrons. The minimum atomic E-state index is -4.96. The van der Waals surface area contributed by atoms with Crippen LogP contribution in [-0.2, 0) is 65.4 Å². The number of hydrogen-bond donors (Lipinski definition) is 3. The molecule has 4 unspecified atom stereocenters. The first kappa shape index (κ1) is 81.0. The zero-order chi connectivity index (χ0) is 61.9. The maximum atomic E-state index is 13.0. The van der Waals surface area contributed by atoms with Gasteiger partial charge in [0.1, 0.15) is 19.3 Å². The molecule has 0 bridgehead atoms. The minimum Gasteiger partial charge on any atom is -0.462 e. The van der Waals surface area contributed by atoms with E-state index in [2.05, 4.69) is 76.3 Å². The van der Waals surface area contributed by atoms with Crippen molar-refractivity contribution in [1.29, 1.82) is 0 Å². The second-order valence-corrected chi connectivity index (χ2v) is 25.0. The molecule has 0 aromatic rings. The smallest absolute Gasteiger partial charge is 0.462 e. The molecule has 0 saturated carbocycles. The van der Waals surface area contributed by atoms with E-state index >= 15 is 0 Å². The van der Waals surface area contributed by atoms with Crippen molar-refractivity contribution in [2.45, 2.75) is 303 Å². The summed E-state index contributed by atoms with van der Waals surface area (Å²) in [6.45, 7) is 4.66. The van der Waals surface area contributed by atoms with Gasteiger partial charge in [0.25, 0.3) is 0 Å². The molecule has 3 N–H and O–H groups in total. The lowest BCUT2D eigenvalue weighted by Gasteiger charge is -2.21. The Kier molecular flexibility index (Phi) is 56.9. The predicted molar refractivity (Wildman–Crippen MR) is 335 cm³/mol. The number of rotatable bonds is 62. The van der Waals surface area contributed by atoms with Crippen molar-refractivity contribution in [3.63, 3.8) is 0 Å². The van der Waals surface area contributed by atoms with E-state index in [0.717, 1.165) is 154 Å².